The minimum absolute atomic E-state index is 0. The standard InChI is InChI=1S/C14H18N2O3S.2Na.H2O/c1-3-4-5-6-7-9-8(2)10-12(17)15-11(14(18)19)16-13(10)20-9;;;/h3-7H2,1-2H3,(H,18,19)(H,15,16,17);;;1H2/q;2*+1;/p-2. The van der Waals surface area contributed by atoms with Crippen molar-refractivity contribution in [3.8, 4) is 5.88 Å². The van der Waals surface area contributed by atoms with E-state index in [0.717, 1.165) is 29.7 Å². The number of aromatic nitrogens is 2. The summed E-state index contributed by atoms with van der Waals surface area (Å²) in [5.41, 5.74) is 0.886. The number of carbonyl (C=O) groups is 1. The number of hydrogen-bond acceptors (Lipinski definition) is 6. The average molecular weight is 356 g/mol. The molecule has 0 aromatic carbocycles. The molecule has 0 atom stereocenters. The number of fused-ring (bicyclic) bond motifs is 1. The summed E-state index contributed by atoms with van der Waals surface area (Å²) in [6.45, 7) is 4.03. The quantitative estimate of drug-likeness (QED) is 0.378. The van der Waals surface area contributed by atoms with Crippen molar-refractivity contribution in [2.24, 2.45) is 0 Å². The number of carboxylic acid groups (broad SMARTS) is 1. The predicted molar refractivity (Wildman–Crippen MR) is 77.4 cm³/mol. The largest absolute Gasteiger partial charge is 1.00 e. The number of thiophene rings is 1. The van der Waals surface area contributed by atoms with Crippen LogP contribution in [-0.4, -0.2) is 21.4 Å². The van der Waals surface area contributed by atoms with Gasteiger partial charge < -0.3 is 20.5 Å². The molecule has 9 heteroatoms. The van der Waals surface area contributed by atoms with Crippen molar-refractivity contribution in [3.63, 3.8) is 0 Å². The molecule has 2 aromatic heterocycles. The van der Waals surface area contributed by atoms with Crippen molar-refractivity contribution in [1.29, 1.82) is 0 Å². The zero-order valence-corrected chi connectivity index (χ0v) is 18.9. The van der Waals surface area contributed by atoms with Gasteiger partial charge in [0.2, 0.25) is 0 Å². The fourth-order valence-electron chi connectivity index (χ4n) is 2.19. The van der Waals surface area contributed by atoms with Gasteiger partial charge in [-0.05, 0) is 25.3 Å². The van der Waals surface area contributed by atoms with Crippen molar-refractivity contribution >= 4 is 27.5 Å². The molecule has 2 rings (SSSR count). The van der Waals surface area contributed by atoms with Gasteiger partial charge >= 0.3 is 59.1 Å². The first-order chi connectivity index (χ1) is 9.54. The molecule has 2 aromatic rings. The van der Waals surface area contributed by atoms with E-state index in [1.54, 1.807) is 0 Å². The zero-order chi connectivity index (χ0) is 14.7. The monoisotopic (exact) mass is 356 g/mol. The Morgan fingerprint density at radius 3 is 2.39 bits per heavy atom. The van der Waals surface area contributed by atoms with Gasteiger partial charge in [-0.15, -0.1) is 11.3 Å². The number of nitrogens with zero attached hydrogens (tertiary/aromatic N) is 2. The molecule has 0 unspecified atom stereocenters. The smallest absolute Gasteiger partial charge is 0.858 e. The number of rotatable bonds is 6. The van der Waals surface area contributed by atoms with Gasteiger partial charge in [-0.3, -0.25) is 0 Å². The molecular weight excluding hydrogens is 338 g/mol. The van der Waals surface area contributed by atoms with Crippen LogP contribution in [0.1, 0.15) is 53.7 Å². The molecule has 0 amide bonds. The summed E-state index contributed by atoms with van der Waals surface area (Å²) in [6.07, 6.45) is 5.50. The Morgan fingerprint density at radius 1 is 1.17 bits per heavy atom. The Labute approximate surface area is 183 Å². The molecular formula is C14H18N2Na2O4S. The Kier molecular flexibility index (Phi) is 13.0. The van der Waals surface area contributed by atoms with E-state index in [-0.39, 0.29) is 64.6 Å². The van der Waals surface area contributed by atoms with Crippen LogP contribution in [0.3, 0.4) is 0 Å². The first-order valence-electron chi connectivity index (χ1n) is 6.73. The fourth-order valence-corrected chi connectivity index (χ4v) is 3.40. The maximum atomic E-state index is 11.9. The van der Waals surface area contributed by atoms with Crippen molar-refractivity contribution in [1.82, 2.24) is 9.97 Å². The molecule has 0 bridgehead atoms. The van der Waals surface area contributed by atoms with Crippen LogP contribution in [-0.2, 0) is 6.42 Å². The third-order valence-corrected chi connectivity index (χ3v) is 4.54. The number of unbranched alkanes of at least 4 members (excludes halogenated alkanes) is 3. The molecule has 0 aliphatic carbocycles. The number of hydrogen-bond donors (Lipinski definition) is 0. The third kappa shape index (κ3) is 6.25. The van der Waals surface area contributed by atoms with E-state index in [4.69, 9.17) is 0 Å². The SMILES string of the molecule is CCCCCCc1sc2nc(C(=O)[O-])nc([O-])c2c1C.O.[Na+].[Na+]. The first kappa shape index (κ1) is 25.5. The van der Waals surface area contributed by atoms with Crippen LogP contribution in [0.15, 0.2) is 0 Å². The normalized spacial score (nSPS) is 9.65. The zero-order valence-electron chi connectivity index (χ0n) is 14.1. The summed E-state index contributed by atoms with van der Waals surface area (Å²) in [6, 6.07) is 0. The number of aromatic carboxylic acids is 1. The van der Waals surface area contributed by atoms with Gasteiger partial charge in [0.25, 0.3) is 0 Å². The summed E-state index contributed by atoms with van der Waals surface area (Å²) < 4.78 is 0. The third-order valence-electron chi connectivity index (χ3n) is 3.30. The van der Waals surface area contributed by atoms with Gasteiger partial charge in [0.1, 0.15) is 10.8 Å². The molecule has 0 aliphatic heterocycles. The Bertz CT molecular complexity index is 649. The van der Waals surface area contributed by atoms with Crippen molar-refractivity contribution in [2.45, 2.75) is 46.0 Å². The second-order valence-corrected chi connectivity index (χ2v) is 5.86. The summed E-state index contributed by atoms with van der Waals surface area (Å²) in [7, 11) is 0. The van der Waals surface area contributed by atoms with E-state index in [9.17, 15) is 15.0 Å². The molecule has 116 valence electrons. The van der Waals surface area contributed by atoms with Gasteiger partial charge in [0.05, 0.1) is 0 Å². The van der Waals surface area contributed by atoms with Crippen LogP contribution < -0.4 is 69.3 Å². The first-order valence-corrected chi connectivity index (χ1v) is 7.54. The van der Waals surface area contributed by atoms with Crippen molar-refractivity contribution in [3.05, 3.63) is 16.3 Å². The molecule has 23 heavy (non-hydrogen) atoms. The number of aryl methyl sites for hydroxylation is 2. The van der Waals surface area contributed by atoms with Gasteiger partial charge in [0.15, 0.2) is 5.82 Å². The molecule has 2 heterocycles. The Morgan fingerprint density at radius 2 is 1.83 bits per heavy atom. The van der Waals surface area contributed by atoms with Crippen molar-refractivity contribution in [2.75, 3.05) is 0 Å². The molecule has 0 saturated heterocycles. The molecule has 2 N–H and O–H groups in total. The van der Waals surface area contributed by atoms with Gasteiger partial charge in [-0.1, -0.05) is 26.2 Å². The van der Waals surface area contributed by atoms with Gasteiger partial charge in [-0.25, -0.2) is 9.97 Å². The van der Waals surface area contributed by atoms with Crippen LogP contribution >= 0.6 is 11.3 Å². The van der Waals surface area contributed by atoms with Crippen LogP contribution in [0.2, 0.25) is 0 Å². The van der Waals surface area contributed by atoms with Crippen molar-refractivity contribution < 1.29 is 79.6 Å². The minimum Gasteiger partial charge on any atom is -0.858 e. The number of carboxylic acids is 1. The summed E-state index contributed by atoms with van der Waals surface area (Å²) in [5.74, 6) is -2.57. The molecule has 6 nitrogen and oxygen atoms in total. The Hall–Kier alpha value is 0.270. The molecule has 0 aliphatic rings. The maximum Gasteiger partial charge on any atom is 1.00 e. The van der Waals surface area contributed by atoms with E-state index in [1.165, 1.54) is 24.2 Å². The predicted octanol–water partition coefficient (Wildman–Crippen LogP) is -5.26. The molecule has 0 fully saturated rings. The average Bonchev–Trinajstić information content (AvgIpc) is 2.72. The molecule has 0 saturated carbocycles. The van der Waals surface area contributed by atoms with E-state index in [0.29, 0.717) is 10.2 Å². The van der Waals surface area contributed by atoms with E-state index in [2.05, 4.69) is 16.9 Å². The van der Waals surface area contributed by atoms with Crippen LogP contribution in [0.25, 0.3) is 10.2 Å². The molecule has 0 radical (unpaired) electrons. The topological polar surface area (TPSA) is 120 Å². The van der Waals surface area contributed by atoms with Crippen LogP contribution in [0.4, 0.5) is 0 Å². The fraction of sp³-hybridized carbons (Fsp3) is 0.500. The molecule has 0 spiro atoms. The van der Waals surface area contributed by atoms with Crippen LogP contribution in [0, 0.1) is 6.92 Å². The van der Waals surface area contributed by atoms with Crippen LogP contribution in [0.5, 0.6) is 5.88 Å². The summed E-state index contributed by atoms with van der Waals surface area (Å²) in [4.78, 5) is 19.7. The number of carbonyl (C=O) groups excluding carboxylic acids is 1. The Balaban J connectivity index is 0. The second kappa shape index (κ2) is 11.8. The second-order valence-electron chi connectivity index (χ2n) is 4.78. The van der Waals surface area contributed by atoms with E-state index >= 15 is 0 Å². The summed E-state index contributed by atoms with van der Waals surface area (Å²) >= 11 is 1.39. The summed E-state index contributed by atoms with van der Waals surface area (Å²) in [5, 5.41) is 23.1. The van der Waals surface area contributed by atoms with Gasteiger partial charge in [0, 0.05) is 16.1 Å². The van der Waals surface area contributed by atoms with E-state index < -0.39 is 17.7 Å². The van der Waals surface area contributed by atoms with E-state index in [1.807, 2.05) is 6.92 Å². The van der Waals surface area contributed by atoms with Gasteiger partial charge in [-0.2, -0.15) is 0 Å². The minimum atomic E-state index is -1.51. The maximum absolute atomic E-state index is 11.9.